The number of rotatable bonds is 8. The second-order valence-corrected chi connectivity index (χ2v) is 7.39. The van der Waals surface area contributed by atoms with Gasteiger partial charge in [0.2, 0.25) is 11.8 Å². The van der Waals surface area contributed by atoms with Crippen LogP contribution in [0.1, 0.15) is 16.6 Å². The molecule has 2 aromatic heterocycles. The van der Waals surface area contributed by atoms with Gasteiger partial charge >= 0.3 is 0 Å². The summed E-state index contributed by atoms with van der Waals surface area (Å²) in [6.07, 6.45) is 0.479. The maximum Gasteiger partial charge on any atom is 0.277 e. The third-order valence-corrected chi connectivity index (χ3v) is 5.10. The van der Waals surface area contributed by atoms with E-state index in [4.69, 9.17) is 13.9 Å². The van der Waals surface area contributed by atoms with Gasteiger partial charge in [-0.3, -0.25) is 4.79 Å². The molecule has 0 spiro atoms. The Bertz CT molecular complexity index is 925. The number of aromatic nitrogens is 3. The topological polar surface area (TPSA) is 99.4 Å². The van der Waals surface area contributed by atoms with E-state index in [1.165, 1.54) is 18.9 Å². The number of ether oxygens (including phenoxy) is 2. The molecule has 3 rings (SSSR count). The number of thioether (sulfide) groups is 1. The summed E-state index contributed by atoms with van der Waals surface area (Å²) in [6, 6.07) is 5.17. The maximum absolute atomic E-state index is 12.2. The van der Waals surface area contributed by atoms with Crippen LogP contribution in [0.4, 0.5) is 5.69 Å². The predicted molar refractivity (Wildman–Crippen MR) is 103 cm³/mol. The molecule has 0 saturated heterocycles. The summed E-state index contributed by atoms with van der Waals surface area (Å²) in [5, 5.41) is 14.0. The molecule has 0 aliphatic carbocycles. The van der Waals surface area contributed by atoms with Gasteiger partial charge in [-0.2, -0.15) is 0 Å². The molecule has 0 atom stereocenters. The monoisotopic (exact) mass is 406 g/mol. The van der Waals surface area contributed by atoms with Gasteiger partial charge in [-0.1, -0.05) is 11.8 Å². The van der Waals surface area contributed by atoms with Crippen molar-refractivity contribution in [1.82, 2.24) is 15.2 Å². The molecular formula is C17H18N4O4S2. The molecule has 0 saturated carbocycles. The Balaban J connectivity index is 1.53. The first-order valence-corrected chi connectivity index (χ1v) is 9.82. The fraction of sp³-hybridized carbons (Fsp3) is 0.294. The molecule has 1 N–H and O–H groups in total. The Kier molecular flexibility index (Phi) is 6.30. The molecular weight excluding hydrogens is 388 g/mol. The third kappa shape index (κ3) is 5.20. The predicted octanol–water partition coefficient (Wildman–Crippen LogP) is 3.17. The highest BCUT2D eigenvalue weighted by atomic mass is 32.2. The van der Waals surface area contributed by atoms with E-state index in [0.29, 0.717) is 34.7 Å². The van der Waals surface area contributed by atoms with Gasteiger partial charge in [0.15, 0.2) is 0 Å². The van der Waals surface area contributed by atoms with Crippen LogP contribution in [-0.4, -0.2) is 41.1 Å². The number of thiazole rings is 1. The molecule has 10 heteroatoms. The molecule has 0 aliphatic rings. The second kappa shape index (κ2) is 8.87. The van der Waals surface area contributed by atoms with E-state index in [0.717, 1.165) is 10.7 Å². The van der Waals surface area contributed by atoms with Crippen molar-refractivity contribution in [3.63, 3.8) is 0 Å². The zero-order chi connectivity index (χ0) is 19.2. The SMILES string of the molecule is COc1ccc(NC(=O)CSc2nnc(Cc3csc(C)n3)o2)c(OC)c1. The highest BCUT2D eigenvalue weighted by Gasteiger charge is 2.13. The minimum atomic E-state index is -0.210. The zero-order valence-corrected chi connectivity index (χ0v) is 16.6. The number of benzene rings is 1. The van der Waals surface area contributed by atoms with Gasteiger partial charge in [0, 0.05) is 11.4 Å². The standard InChI is InChI=1S/C17H18N4O4S2/c1-10-18-11(8-26-10)6-16-20-21-17(25-16)27-9-15(22)19-13-5-4-12(23-2)7-14(13)24-3/h4-5,7-8H,6,9H2,1-3H3,(H,19,22). The number of carbonyl (C=O) groups excluding carboxylic acids is 1. The Morgan fingerprint density at radius 2 is 2.15 bits per heavy atom. The van der Waals surface area contributed by atoms with Crippen LogP contribution in [0.25, 0.3) is 0 Å². The number of nitrogens with zero attached hydrogens (tertiary/aromatic N) is 3. The molecule has 8 nitrogen and oxygen atoms in total. The van der Waals surface area contributed by atoms with Gasteiger partial charge in [-0.15, -0.1) is 21.5 Å². The first-order chi connectivity index (χ1) is 13.1. The molecule has 0 radical (unpaired) electrons. The maximum atomic E-state index is 12.2. The van der Waals surface area contributed by atoms with Gasteiger partial charge in [0.1, 0.15) is 11.5 Å². The highest BCUT2D eigenvalue weighted by Crippen LogP contribution is 2.29. The first-order valence-electron chi connectivity index (χ1n) is 7.95. The lowest BCUT2D eigenvalue weighted by molar-refractivity contribution is -0.113. The number of methoxy groups -OCH3 is 2. The molecule has 1 aromatic carbocycles. The highest BCUT2D eigenvalue weighted by molar-refractivity contribution is 7.99. The Morgan fingerprint density at radius 3 is 2.85 bits per heavy atom. The van der Waals surface area contributed by atoms with Gasteiger partial charge < -0.3 is 19.2 Å². The van der Waals surface area contributed by atoms with E-state index in [-0.39, 0.29) is 11.7 Å². The molecule has 0 fully saturated rings. The molecule has 142 valence electrons. The van der Waals surface area contributed by atoms with Crippen molar-refractivity contribution in [1.29, 1.82) is 0 Å². The van der Waals surface area contributed by atoms with Crippen LogP contribution >= 0.6 is 23.1 Å². The fourth-order valence-corrected chi connectivity index (χ4v) is 3.42. The average molecular weight is 406 g/mol. The van der Waals surface area contributed by atoms with Gasteiger partial charge in [0.25, 0.3) is 5.22 Å². The summed E-state index contributed by atoms with van der Waals surface area (Å²) in [7, 11) is 3.10. The fourth-order valence-electron chi connectivity index (χ4n) is 2.23. The van der Waals surface area contributed by atoms with E-state index in [2.05, 4.69) is 20.5 Å². The van der Waals surface area contributed by atoms with Gasteiger partial charge in [0.05, 0.1) is 42.8 Å². The van der Waals surface area contributed by atoms with Crippen LogP contribution in [0.3, 0.4) is 0 Å². The molecule has 1 amide bonds. The smallest absolute Gasteiger partial charge is 0.277 e. The van der Waals surface area contributed by atoms with Crippen LogP contribution in [0, 0.1) is 6.92 Å². The van der Waals surface area contributed by atoms with Crippen LogP contribution in [0.15, 0.2) is 33.2 Å². The van der Waals surface area contributed by atoms with E-state index in [1.54, 1.807) is 36.6 Å². The van der Waals surface area contributed by atoms with Crippen molar-refractivity contribution in [3.8, 4) is 11.5 Å². The number of anilines is 1. The summed E-state index contributed by atoms with van der Waals surface area (Å²) < 4.78 is 16.0. The van der Waals surface area contributed by atoms with Crippen molar-refractivity contribution in [2.75, 3.05) is 25.3 Å². The van der Waals surface area contributed by atoms with Crippen molar-refractivity contribution in [3.05, 3.63) is 40.2 Å². The first kappa shape index (κ1) is 19.2. The molecule has 0 unspecified atom stereocenters. The largest absolute Gasteiger partial charge is 0.497 e. The Morgan fingerprint density at radius 1 is 1.30 bits per heavy atom. The van der Waals surface area contributed by atoms with E-state index < -0.39 is 0 Å². The number of amides is 1. The molecule has 0 bridgehead atoms. The van der Waals surface area contributed by atoms with E-state index in [1.807, 2.05) is 12.3 Å². The summed E-state index contributed by atoms with van der Waals surface area (Å²) in [5.41, 5.74) is 1.45. The molecule has 27 heavy (non-hydrogen) atoms. The molecule has 0 aliphatic heterocycles. The molecule has 3 aromatic rings. The third-order valence-electron chi connectivity index (χ3n) is 3.46. The quantitative estimate of drug-likeness (QED) is 0.570. The summed E-state index contributed by atoms with van der Waals surface area (Å²) in [5.74, 6) is 1.56. The number of hydrogen-bond acceptors (Lipinski definition) is 9. The lowest BCUT2D eigenvalue weighted by Gasteiger charge is -2.11. The van der Waals surface area contributed by atoms with E-state index >= 15 is 0 Å². The number of nitrogens with one attached hydrogen (secondary N) is 1. The van der Waals surface area contributed by atoms with E-state index in [9.17, 15) is 4.79 Å². The van der Waals surface area contributed by atoms with Crippen LogP contribution in [0.2, 0.25) is 0 Å². The van der Waals surface area contributed by atoms with Gasteiger partial charge in [-0.25, -0.2) is 4.98 Å². The number of aryl methyl sites for hydroxylation is 1. The number of hydrogen-bond donors (Lipinski definition) is 1. The Labute approximate surface area is 164 Å². The minimum Gasteiger partial charge on any atom is -0.497 e. The van der Waals surface area contributed by atoms with Crippen molar-refractivity contribution in [2.24, 2.45) is 0 Å². The minimum absolute atomic E-state index is 0.132. The summed E-state index contributed by atoms with van der Waals surface area (Å²) in [4.78, 5) is 16.6. The van der Waals surface area contributed by atoms with Crippen molar-refractivity contribution in [2.45, 2.75) is 18.6 Å². The van der Waals surface area contributed by atoms with Crippen LogP contribution in [-0.2, 0) is 11.2 Å². The average Bonchev–Trinajstić information content (AvgIpc) is 3.29. The van der Waals surface area contributed by atoms with Gasteiger partial charge in [-0.05, 0) is 19.1 Å². The van der Waals surface area contributed by atoms with Crippen molar-refractivity contribution >= 4 is 34.7 Å². The number of carbonyl (C=O) groups is 1. The lowest BCUT2D eigenvalue weighted by atomic mass is 10.2. The van der Waals surface area contributed by atoms with Crippen LogP contribution < -0.4 is 14.8 Å². The Hall–Kier alpha value is -2.59. The van der Waals surface area contributed by atoms with Crippen molar-refractivity contribution < 1.29 is 18.7 Å². The normalized spacial score (nSPS) is 10.6. The van der Waals surface area contributed by atoms with Crippen LogP contribution in [0.5, 0.6) is 11.5 Å². The molecule has 2 heterocycles. The second-order valence-electron chi connectivity index (χ2n) is 5.40. The lowest BCUT2D eigenvalue weighted by Crippen LogP contribution is -2.14. The summed E-state index contributed by atoms with van der Waals surface area (Å²) >= 11 is 2.74. The summed E-state index contributed by atoms with van der Waals surface area (Å²) in [6.45, 7) is 1.94. The zero-order valence-electron chi connectivity index (χ0n) is 15.0.